The molecule has 0 saturated carbocycles. The predicted octanol–water partition coefficient (Wildman–Crippen LogP) is 3.44. The van der Waals surface area contributed by atoms with E-state index in [9.17, 15) is 14.3 Å². The second kappa shape index (κ2) is 12.6. The SMILES string of the molecule is C=CCOCC(O)CN(CC=C)CC(=O)N1CCc2sccc2C1COc1ccc(F)cc1. The summed E-state index contributed by atoms with van der Waals surface area (Å²) in [4.78, 5) is 18.3. The normalized spacial score (nSPS) is 16.3. The van der Waals surface area contributed by atoms with E-state index >= 15 is 0 Å². The highest BCUT2D eigenvalue weighted by atomic mass is 32.1. The maximum Gasteiger partial charge on any atom is 0.237 e. The van der Waals surface area contributed by atoms with Gasteiger partial charge in [0, 0.05) is 24.5 Å². The molecule has 0 radical (unpaired) electrons. The van der Waals surface area contributed by atoms with Gasteiger partial charge < -0.3 is 19.5 Å². The molecule has 1 aliphatic rings. The van der Waals surface area contributed by atoms with E-state index in [0.29, 0.717) is 32.0 Å². The van der Waals surface area contributed by atoms with Crippen LogP contribution in [0.25, 0.3) is 0 Å². The lowest BCUT2D eigenvalue weighted by Crippen LogP contribution is -2.48. The Balaban J connectivity index is 1.67. The van der Waals surface area contributed by atoms with Crippen LogP contribution in [0.1, 0.15) is 16.5 Å². The molecule has 1 aromatic carbocycles. The molecule has 6 nitrogen and oxygen atoms in total. The van der Waals surface area contributed by atoms with Crippen molar-refractivity contribution in [3.8, 4) is 5.75 Å². The molecular formula is C25H31FN2O4S. The van der Waals surface area contributed by atoms with Gasteiger partial charge in [0.25, 0.3) is 0 Å². The van der Waals surface area contributed by atoms with Crippen molar-refractivity contribution >= 4 is 17.2 Å². The summed E-state index contributed by atoms with van der Waals surface area (Å²) in [5, 5.41) is 12.3. The fourth-order valence-electron chi connectivity index (χ4n) is 3.89. The number of aliphatic hydroxyl groups is 1. The molecular weight excluding hydrogens is 443 g/mol. The van der Waals surface area contributed by atoms with Gasteiger partial charge in [0.1, 0.15) is 18.2 Å². The number of hydrogen-bond acceptors (Lipinski definition) is 6. The minimum absolute atomic E-state index is 0.0411. The average Bonchev–Trinajstić information content (AvgIpc) is 3.28. The summed E-state index contributed by atoms with van der Waals surface area (Å²) >= 11 is 1.69. The molecule has 0 bridgehead atoms. The first-order valence-electron chi connectivity index (χ1n) is 11.0. The Morgan fingerprint density at radius 3 is 2.82 bits per heavy atom. The monoisotopic (exact) mass is 474 g/mol. The largest absolute Gasteiger partial charge is 0.491 e. The lowest BCUT2D eigenvalue weighted by atomic mass is 10.0. The number of nitrogens with zero attached hydrogens (tertiary/aromatic N) is 2. The van der Waals surface area contributed by atoms with E-state index in [1.165, 1.54) is 17.0 Å². The van der Waals surface area contributed by atoms with Crippen LogP contribution in [-0.4, -0.2) is 72.9 Å². The number of halogens is 1. The van der Waals surface area contributed by atoms with Crippen LogP contribution in [0, 0.1) is 5.82 Å². The summed E-state index contributed by atoms with van der Waals surface area (Å²) in [5.41, 5.74) is 1.09. The van der Waals surface area contributed by atoms with E-state index in [0.717, 1.165) is 12.0 Å². The van der Waals surface area contributed by atoms with Crippen LogP contribution in [-0.2, 0) is 16.0 Å². The quantitative estimate of drug-likeness (QED) is 0.356. The first kappa shape index (κ1) is 25.1. The molecule has 1 aromatic heterocycles. The van der Waals surface area contributed by atoms with Crippen molar-refractivity contribution < 1.29 is 23.8 Å². The number of aliphatic hydroxyl groups excluding tert-OH is 1. The van der Waals surface area contributed by atoms with E-state index < -0.39 is 6.10 Å². The maximum atomic E-state index is 13.3. The number of ether oxygens (including phenoxy) is 2. The zero-order chi connectivity index (χ0) is 23.6. The molecule has 178 valence electrons. The van der Waals surface area contributed by atoms with Gasteiger partial charge in [-0.15, -0.1) is 24.5 Å². The van der Waals surface area contributed by atoms with Crippen molar-refractivity contribution in [2.24, 2.45) is 0 Å². The maximum absolute atomic E-state index is 13.3. The molecule has 1 amide bonds. The molecule has 33 heavy (non-hydrogen) atoms. The molecule has 2 heterocycles. The van der Waals surface area contributed by atoms with Crippen LogP contribution >= 0.6 is 11.3 Å². The Morgan fingerprint density at radius 1 is 1.30 bits per heavy atom. The molecule has 0 fully saturated rings. The first-order chi connectivity index (χ1) is 16.0. The van der Waals surface area contributed by atoms with Crippen LogP contribution in [0.5, 0.6) is 5.75 Å². The van der Waals surface area contributed by atoms with Crippen LogP contribution in [0.3, 0.4) is 0 Å². The first-order valence-corrected chi connectivity index (χ1v) is 11.8. The summed E-state index contributed by atoms with van der Waals surface area (Å²) in [7, 11) is 0. The van der Waals surface area contributed by atoms with Gasteiger partial charge in [-0.2, -0.15) is 0 Å². The summed E-state index contributed by atoms with van der Waals surface area (Å²) < 4.78 is 24.5. The zero-order valence-electron chi connectivity index (χ0n) is 18.7. The standard InChI is InChI=1S/C25H31FN2O4S/c1-3-11-27(15-20(29)17-31-13-4-2)16-25(30)28-12-9-24-22(10-14-33-24)23(28)18-32-21-7-5-19(26)6-8-21/h3-8,10,14,20,23,29H,1-2,9,11-13,15-18H2. The topological polar surface area (TPSA) is 62.2 Å². The highest BCUT2D eigenvalue weighted by molar-refractivity contribution is 7.10. The summed E-state index contributed by atoms with van der Waals surface area (Å²) in [5.74, 6) is 0.194. The van der Waals surface area contributed by atoms with Crippen LogP contribution < -0.4 is 4.74 Å². The van der Waals surface area contributed by atoms with E-state index in [-0.39, 0.29) is 37.5 Å². The van der Waals surface area contributed by atoms with Gasteiger partial charge in [-0.1, -0.05) is 12.2 Å². The molecule has 2 aromatic rings. The second-order valence-corrected chi connectivity index (χ2v) is 8.88. The third-order valence-electron chi connectivity index (χ3n) is 5.40. The van der Waals surface area contributed by atoms with Gasteiger partial charge in [-0.3, -0.25) is 9.69 Å². The zero-order valence-corrected chi connectivity index (χ0v) is 19.5. The van der Waals surface area contributed by atoms with E-state index in [1.54, 1.807) is 35.6 Å². The lowest BCUT2D eigenvalue weighted by Gasteiger charge is -2.37. The van der Waals surface area contributed by atoms with Crippen LogP contribution in [0.2, 0.25) is 0 Å². The highest BCUT2D eigenvalue weighted by Crippen LogP contribution is 2.34. The Kier molecular flexibility index (Phi) is 9.62. The number of carbonyl (C=O) groups excluding carboxylic acids is 1. The minimum atomic E-state index is -0.722. The van der Waals surface area contributed by atoms with Crippen molar-refractivity contribution in [2.75, 3.05) is 46.0 Å². The average molecular weight is 475 g/mol. The Hall–Kier alpha value is -2.52. The van der Waals surface area contributed by atoms with Crippen molar-refractivity contribution in [2.45, 2.75) is 18.6 Å². The number of fused-ring (bicyclic) bond motifs is 1. The van der Waals surface area contributed by atoms with E-state index in [4.69, 9.17) is 9.47 Å². The van der Waals surface area contributed by atoms with Gasteiger partial charge in [0.15, 0.2) is 0 Å². The number of amides is 1. The third kappa shape index (κ3) is 7.23. The fourth-order valence-corrected chi connectivity index (χ4v) is 4.82. The molecule has 2 unspecified atom stereocenters. The molecule has 0 spiro atoms. The molecule has 2 atom stereocenters. The summed E-state index contributed by atoms with van der Waals surface area (Å²) in [6.07, 6.45) is 3.42. The van der Waals surface area contributed by atoms with Gasteiger partial charge in [0.2, 0.25) is 5.91 Å². The smallest absolute Gasteiger partial charge is 0.237 e. The van der Waals surface area contributed by atoms with Gasteiger partial charge in [-0.05, 0) is 47.7 Å². The molecule has 8 heteroatoms. The van der Waals surface area contributed by atoms with Crippen LogP contribution in [0.4, 0.5) is 4.39 Å². The van der Waals surface area contributed by atoms with Crippen molar-refractivity contribution in [3.63, 3.8) is 0 Å². The molecule has 1 N–H and O–H groups in total. The Morgan fingerprint density at radius 2 is 2.09 bits per heavy atom. The molecule has 0 saturated heterocycles. The predicted molar refractivity (Wildman–Crippen MR) is 128 cm³/mol. The van der Waals surface area contributed by atoms with Gasteiger partial charge in [0.05, 0.1) is 31.9 Å². The molecule has 1 aliphatic heterocycles. The van der Waals surface area contributed by atoms with Gasteiger partial charge >= 0.3 is 0 Å². The third-order valence-corrected chi connectivity index (χ3v) is 6.39. The Labute approximate surface area is 198 Å². The van der Waals surface area contributed by atoms with Gasteiger partial charge in [-0.25, -0.2) is 4.39 Å². The molecule has 0 aliphatic carbocycles. The highest BCUT2D eigenvalue weighted by Gasteiger charge is 2.33. The van der Waals surface area contributed by atoms with E-state index in [1.807, 2.05) is 21.2 Å². The number of rotatable bonds is 13. The minimum Gasteiger partial charge on any atom is -0.491 e. The van der Waals surface area contributed by atoms with Crippen molar-refractivity contribution in [3.05, 3.63) is 77.3 Å². The van der Waals surface area contributed by atoms with E-state index in [2.05, 4.69) is 13.2 Å². The fraction of sp³-hybridized carbons (Fsp3) is 0.400. The number of carbonyl (C=O) groups is 1. The van der Waals surface area contributed by atoms with Crippen molar-refractivity contribution in [1.82, 2.24) is 9.80 Å². The lowest BCUT2D eigenvalue weighted by molar-refractivity contribution is -0.136. The summed E-state index contributed by atoms with van der Waals surface area (Å²) in [6, 6.07) is 7.68. The van der Waals surface area contributed by atoms with Crippen molar-refractivity contribution in [1.29, 1.82) is 0 Å². The summed E-state index contributed by atoms with van der Waals surface area (Å²) in [6.45, 7) is 9.69. The Bertz CT molecular complexity index is 917. The number of benzene rings is 1. The second-order valence-electron chi connectivity index (χ2n) is 7.88. The number of thiophene rings is 1. The number of hydrogen-bond donors (Lipinski definition) is 1. The van der Waals surface area contributed by atoms with Crippen LogP contribution in [0.15, 0.2) is 61.0 Å². The molecule has 3 rings (SSSR count).